The van der Waals surface area contributed by atoms with E-state index < -0.39 is 19.6 Å². The van der Waals surface area contributed by atoms with Gasteiger partial charge < -0.3 is 0 Å². The summed E-state index contributed by atoms with van der Waals surface area (Å²) in [5.41, 5.74) is 0.733. The normalized spacial score (nSPS) is 25.8. The van der Waals surface area contributed by atoms with Crippen LogP contribution in [0.4, 0.5) is 13.2 Å². The van der Waals surface area contributed by atoms with Gasteiger partial charge in [-0.3, -0.25) is 0 Å². The van der Waals surface area contributed by atoms with E-state index in [-0.39, 0.29) is 17.0 Å². The van der Waals surface area contributed by atoms with Gasteiger partial charge in [0.25, 0.3) is 0 Å². The number of carbonyl (C=O) groups is 1. The molecule has 6 heteroatoms. The van der Waals surface area contributed by atoms with Gasteiger partial charge in [-0.1, -0.05) is 0 Å². The zero-order chi connectivity index (χ0) is 18.6. The van der Waals surface area contributed by atoms with E-state index >= 15 is 0 Å². The molecule has 26 heavy (non-hydrogen) atoms. The number of alkyl halides is 3. The maximum absolute atomic E-state index is 13.2. The van der Waals surface area contributed by atoms with Gasteiger partial charge in [-0.15, -0.1) is 0 Å². The summed E-state index contributed by atoms with van der Waals surface area (Å²) >= 11 is 0. The fraction of sp³-hybridized carbons (Fsp3) is 0.950. The van der Waals surface area contributed by atoms with Gasteiger partial charge in [-0.2, -0.15) is 0 Å². The van der Waals surface area contributed by atoms with Crippen molar-refractivity contribution in [1.29, 1.82) is 0 Å². The predicted octanol–water partition coefficient (Wildman–Crippen LogP) is 6.75. The molecule has 0 aromatic heterocycles. The average molecular weight is 394 g/mol. The van der Waals surface area contributed by atoms with Gasteiger partial charge >= 0.3 is 155 Å². The van der Waals surface area contributed by atoms with Gasteiger partial charge in [-0.05, 0) is 0 Å². The monoisotopic (exact) mass is 394 g/mol. The zero-order valence-corrected chi connectivity index (χ0v) is 16.8. The van der Waals surface area contributed by atoms with E-state index in [0.717, 1.165) is 77.0 Å². The molecule has 0 saturated heterocycles. The van der Waals surface area contributed by atoms with E-state index in [1.165, 1.54) is 19.3 Å². The summed E-state index contributed by atoms with van der Waals surface area (Å²) in [6.07, 6.45) is 11.0. The molecular formula is C20H34F3O2P. The molecule has 152 valence electrons. The van der Waals surface area contributed by atoms with Crippen LogP contribution in [0.5, 0.6) is 0 Å². The Kier molecular flexibility index (Phi) is 6.91. The Morgan fingerprint density at radius 3 is 1.23 bits per heavy atom. The minimum atomic E-state index is -4.86. The van der Waals surface area contributed by atoms with E-state index in [1.54, 1.807) is 0 Å². The van der Waals surface area contributed by atoms with E-state index in [9.17, 15) is 18.0 Å². The predicted molar refractivity (Wildman–Crippen MR) is 101 cm³/mol. The van der Waals surface area contributed by atoms with Crippen LogP contribution in [0.25, 0.3) is 0 Å². The molecule has 0 aromatic rings. The molecular weight excluding hydrogens is 360 g/mol. The Morgan fingerprint density at radius 2 is 0.962 bits per heavy atom. The van der Waals surface area contributed by atoms with Gasteiger partial charge in [0, 0.05) is 0 Å². The first-order valence-corrected chi connectivity index (χ1v) is 12.9. The average Bonchev–Trinajstić information content (AvgIpc) is 2.67. The van der Waals surface area contributed by atoms with Gasteiger partial charge in [0.1, 0.15) is 0 Å². The van der Waals surface area contributed by atoms with Crippen molar-refractivity contribution >= 4 is 13.5 Å². The van der Waals surface area contributed by atoms with E-state index in [2.05, 4.69) is 0 Å². The second-order valence-electron chi connectivity index (χ2n) is 8.75. The standard InChI is InChI=1S/C20H34F3O2P/c21-20(22,23)19(24)25-26(16-10-4-1-5-11-16,17-12-6-2-7-13-17)18-14-8-3-9-15-18/h16-18,26H,1-15H2. The Morgan fingerprint density at radius 1 is 0.654 bits per heavy atom. The number of hydrogen-bond acceptors (Lipinski definition) is 2. The van der Waals surface area contributed by atoms with Crippen molar-refractivity contribution in [3.63, 3.8) is 0 Å². The molecule has 0 amide bonds. The first kappa shape index (κ1) is 20.4. The molecule has 0 atom stereocenters. The number of rotatable bonds is 4. The van der Waals surface area contributed by atoms with Crippen LogP contribution in [-0.4, -0.2) is 29.1 Å². The van der Waals surface area contributed by atoms with Gasteiger partial charge in [0.05, 0.1) is 0 Å². The van der Waals surface area contributed by atoms with Crippen LogP contribution in [0.1, 0.15) is 96.3 Å². The molecule has 0 spiro atoms. The van der Waals surface area contributed by atoms with Crippen molar-refractivity contribution < 1.29 is 22.5 Å². The topological polar surface area (TPSA) is 26.3 Å². The van der Waals surface area contributed by atoms with E-state index in [4.69, 9.17) is 4.52 Å². The van der Waals surface area contributed by atoms with Crippen LogP contribution in [0, 0.1) is 0 Å². The summed E-state index contributed by atoms with van der Waals surface area (Å²) in [6.45, 7) is 0. The first-order valence-electron chi connectivity index (χ1n) is 10.7. The molecule has 2 nitrogen and oxygen atoms in total. The third-order valence-electron chi connectivity index (χ3n) is 7.23. The first-order chi connectivity index (χ1) is 12.4. The van der Waals surface area contributed by atoms with Crippen LogP contribution in [0.2, 0.25) is 0 Å². The van der Waals surface area contributed by atoms with Crippen LogP contribution in [0.3, 0.4) is 0 Å². The van der Waals surface area contributed by atoms with Crippen molar-refractivity contribution in [3.8, 4) is 0 Å². The fourth-order valence-electron chi connectivity index (χ4n) is 6.13. The van der Waals surface area contributed by atoms with Crippen molar-refractivity contribution in [2.75, 3.05) is 0 Å². The molecule has 0 aromatic carbocycles. The van der Waals surface area contributed by atoms with Crippen molar-refractivity contribution in [1.82, 2.24) is 0 Å². The Balaban J connectivity index is 1.97. The quantitative estimate of drug-likeness (QED) is 0.493. The van der Waals surface area contributed by atoms with E-state index in [0.29, 0.717) is 0 Å². The van der Waals surface area contributed by atoms with Gasteiger partial charge in [0.2, 0.25) is 0 Å². The molecule has 3 aliphatic carbocycles. The molecule has 3 fully saturated rings. The molecule has 0 aliphatic heterocycles. The molecule has 3 aliphatic rings. The van der Waals surface area contributed by atoms with Crippen LogP contribution < -0.4 is 0 Å². The third kappa shape index (κ3) is 4.39. The SMILES string of the molecule is O=C(O[PH](C1CCCCC1)(C1CCCCC1)C1CCCCC1)C(F)(F)F. The molecule has 0 radical (unpaired) electrons. The van der Waals surface area contributed by atoms with Crippen molar-refractivity contribution in [2.45, 2.75) is 119 Å². The summed E-state index contributed by atoms with van der Waals surface area (Å²) in [7, 11) is -2.84. The number of hydrogen-bond donors (Lipinski definition) is 0. The Labute approximate surface area is 156 Å². The number of carbonyl (C=O) groups excluding carboxylic acids is 1. The summed E-state index contributed by atoms with van der Waals surface area (Å²) in [5, 5.41) is 0. The summed E-state index contributed by atoms with van der Waals surface area (Å²) in [5.74, 6) is -1.88. The molecule has 0 N–H and O–H groups in total. The Hall–Kier alpha value is -0.310. The molecule has 0 bridgehead atoms. The van der Waals surface area contributed by atoms with Crippen LogP contribution in [0.15, 0.2) is 0 Å². The summed E-state index contributed by atoms with van der Waals surface area (Å²) in [4.78, 5) is 12.1. The molecule has 0 unspecified atom stereocenters. The van der Waals surface area contributed by atoms with Gasteiger partial charge in [-0.25, -0.2) is 0 Å². The van der Waals surface area contributed by atoms with Crippen LogP contribution in [-0.2, 0) is 9.32 Å². The van der Waals surface area contributed by atoms with Gasteiger partial charge in [0.15, 0.2) is 0 Å². The number of halogens is 3. The zero-order valence-electron chi connectivity index (χ0n) is 15.8. The molecule has 3 saturated carbocycles. The van der Waals surface area contributed by atoms with E-state index in [1.807, 2.05) is 0 Å². The third-order valence-corrected chi connectivity index (χ3v) is 13.3. The van der Waals surface area contributed by atoms with Crippen LogP contribution >= 0.6 is 7.49 Å². The second-order valence-corrected chi connectivity index (χ2v) is 13.1. The molecule has 0 heterocycles. The van der Waals surface area contributed by atoms with Crippen molar-refractivity contribution in [3.05, 3.63) is 0 Å². The van der Waals surface area contributed by atoms with Crippen molar-refractivity contribution in [2.24, 2.45) is 0 Å². The summed E-state index contributed by atoms with van der Waals surface area (Å²) < 4.78 is 45.5. The maximum atomic E-state index is 13.2. The second kappa shape index (κ2) is 8.80. The summed E-state index contributed by atoms with van der Waals surface area (Å²) in [6, 6.07) is 0. The molecule has 3 rings (SSSR count). The minimum absolute atomic E-state index is 0.244. The fourth-order valence-corrected chi connectivity index (χ4v) is 13.0. The Bertz CT molecular complexity index is 417.